The molecule has 0 aromatic rings. The molecule has 0 aromatic carbocycles. The first-order chi connectivity index (χ1) is 5.36. The number of fused-ring (bicyclic) bond motifs is 1. The minimum absolute atomic E-state index is 0.529. The van der Waals surface area contributed by atoms with Gasteiger partial charge in [-0.25, -0.2) is 0 Å². The number of thiocarbonyl (C=S) groups is 1. The van der Waals surface area contributed by atoms with Crippen molar-refractivity contribution in [3.05, 3.63) is 12.2 Å². The molecule has 60 valence electrons. The molecule has 0 aromatic heterocycles. The predicted molar refractivity (Wildman–Crippen MR) is 47.3 cm³/mol. The molecule has 1 heterocycles. The zero-order valence-electron chi connectivity index (χ0n) is 6.25. The summed E-state index contributed by atoms with van der Waals surface area (Å²) in [5, 5.41) is 3.75. The van der Waals surface area contributed by atoms with Crippen molar-refractivity contribution < 1.29 is 4.74 Å². The van der Waals surface area contributed by atoms with Crippen molar-refractivity contribution >= 4 is 17.4 Å². The van der Waals surface area contributed by atoms with E-state index in [0.29, 0.717) is 17.1 Å². The summed E-state index contributed by atoms with van der Waals surface area (Å²) in [4.78, 5) is 0. The van der Waals surface area contributed by atoms with E-state index in [1.807, 2.05) is 0 Å². The molecule has 1 N–H and O–H groups in total. The van der Waals surface area contributed by atoms with Gasteiger partial charge in [-0.15, -0.1) is 0 Å². The van der Waals surface area contributed by atoms with Crippen LogP contribution in [-0.2, 0) is 4.74 Å². The third-order valence-electron chi connectivity index (χ3n) is 2.30. The molecule has 0 radical (unpaired) electrons. The maximum absolute atomic E-state index is 5.23. The van der Waals surface area contributed by atoms with Crippen molar-refractivity contribution in [2.45, 2.75) is 18.9 Å². The van der Waals surface area contributed by atoms with Gasteiger partial charge in [-0.05, 0) is 25.1 Å². The van der Waals surface area contributed by atoms with Crippen LogP contribution in [0.1, 0.15) is 12.8 Å². The van der Waals surface area contributed by atoms with Crippen LogP contribution in [0.4, 0.5) is 0 Å². The van der Waals surface area contributed by atoms with Crippen LogP contribution in [0, 0.1) is 5.92 Å². The number of hydrogen-bond acceptors (Lipinski definition) is 2. The van der Waals surface area contributed by atoms with Crippen molar-refractivity contribution in [2.24, 2.45) is 5.92 Å². The van der Waals surface area contributed by atoms with Crippen LogP contribution in [0.5, 0.6) is 0 Å². The minimum atomic E-state index is 0.529. The summed E-state index contributed by atoms with van der Waals surface area (Å²) in [6.45, 7) is 0.792. The van der Waals surface area contributed by atoms with Crippen LogP contribution >= 0.6 is 12.2 Å². The summed E-state index contributed by atoms with van der Waals surface area (Å²) < 4.78 is 5.23. The summed E-state index contributed by atoms with van der Waals surface area (Å²) in [6, 6.07) is 0.529. The molecule has 0 saturated carbocycles. The standard InChI is InChI=1S/C8H11NOS/c11-8-9-7-4-2-1-3-6(7)5-10-8/h1-2,6-7H,3-5H2,(H,9,11)/t6-,7-/m1/s1. The predicted octanol–water partition coefficient (Wildman–Crippen LogP) is 1.23. The van der Waals surface area contributed by atoms with Crippen LogP contribution in [0.3, 0.4) is 0 Å². The molecule has 11 heavy (non-hydrogen) atoms. The van der Waals surface area contributed by atoms with Gasteiger partial charge in [0.15, 0.2) is 0 Å². The lowest BCUT2D eigenvalue weighted by molar-refractivity contribution is 0.160. The maximum atomic E-state index is 5.23. The molecule has 2 rings (SSSR count). The number of hydrogen-bond donors (Lipinski definition) is 1. The van der Waals surface area contributed by atoms with E-state index in [1.165, 1.54) is 0 Å². The Morgan fingerprint density at radius 2 is 2.27 bits per heavy atom. The molecule has 3 heteroatoms. The lowest BCUT2D eigenvalue weighted by atomic mass is 9.89. The third-order valence-corrected chi connectivity index (χ3v) is 2.53. The molecule has 0 spiro atoms. The minimum Gasteiger partial charge on any atom is -0.471 e. The summed E-state index contributed by atoms with van der Waals surface area (Å²) in [6.07, 6.45) is 6.65. The monoisotopic (exact) mass is 169 g/mol. The summed E-state index contributed by atoms with van der Waals surface area (Å²) >= 11 is 4.92. The van der Waals surface area contributed by atoms with E-state index in [1.54, 1.807) is 0 Å². The zero-order chi connectivity index (χ0) is 7.68. The second-order valence-electron chi connectivity index (χ2n) is 3.05. The van der Waals surface area contributed by atoms with Gasteiger partial charge in [0, 0.05) is 12.0 Å². The highest BCUT2D eigenvalue weighted by Gasteiger charge is 2.27. The van der Waals surface area contributed by atoms with E-state index >= 15 is 0 Å². The molecule has 1 aliphatic carbocycles. The molecule has 0 unspecified atom stereocenters. The number of rotatable bonds is 0. The van der Waals surface area contributed by atoms with Gasteiger partial charge in [0.1, 0.15) is 0 Å². The van der Waals surface area contributed by atoms with E-state index in [0.717, 1.165) is 19.4 Å². The van der Waals surface area contributed by atoms with Gasteiger partial charge in [0.05, 0.1) is 6.61 Å². The average Bonchev–Trinajstić information content (AvgIpc) is 2.04. The van der Waals surface area contributed by atoms with Crippen LogP contribution in [0.25, 0.3) is 0 Å². The van der Waals surface area contributed by atoms with Crippen LogP contribution in [-0.4, -0.2) is 17.8 Å². The summed E-state index contributed by atoms with van der Waals surface area (Å²) in [5.74, 6) is 0.631. The lowest BCUT2D eigenvalue weighted by Gasteiger charge is -2.34. The Hall–Kier alpha value is -0.570. The van der Waals surface area contributed by atoms with Gasteiger partial charge < -0.3 is 10.1 Å². The fourth-order valence-corrected chi connectivity index (χ4v) is 1.83. The van der Waals surface area contributed by atoms with Gasteiger partial charge in [0.25, 0.3) is 5.17 Å². The van der Waals surface area contributed by atoms with Crippen molar-refractivity contribution in [1.29, 1.82) is 0 Å². The molecule has 0 bridgehead atoms. The Bertz CT molecular complexity index is 202. The molecule has 2 aliphatic rings. The Morgan fingerprint density at radius 3 is 3.18 bits per heavy atom. The van der Waals surface area contributed by atoms with E-state index in [4.69, 9.17) is 17.0 Å². The Morgan fingerprint density at radius 1 is 1.45 bits per heavy atom. The number of nitrogens with one attached hydrogen (secondary N) is 1. The molecule has 0 amide bonds. The topological polar surface area (TPSA) is 21.3 Å². The highest BCUT2D eigenvalue weighted by atomic mass is 32.1. The smallest absolute Gasteiger partial charge is 0.256 e. The Kier molecular flexibility index (Phi) is 1.82. The molecular weight excluding hydrogens is 158 g/mol. The second kappa shape index (κ2) is 2.81. The van der Waals surface area contributed by atoms with Gasteiger partial charge >= 0.3 is 0 Å². The molecule has 2 atom stereocenters. The van der Waals surface area contributed by atoms with E-state index in [-0.39, 0.29) is 0 Å². The highest BCUT2D eigenvalue weighted by Crippen LogP contribution is 2.22. The first-order valence-electron chi connectivity index (χ1n) is 3.94. The fraction of sp³-hybridized carbons (Fsp3) is 0.625. The zero-order valence-corrected chi connectivity index (χ0v) is 7.06. The van der Waals surface area contributed by atoms with Gasteiger partial charge in [0.2, 0.25) is 0 Å². The molecule has 1 aliphatic heterocycles. The van der Waals surface area contributed by atoms with Gasteiger partial charge in [-0.3, -0.25) is 0 Å². The Balaban J connectivity index is 2.06. The van der Waals surface area contributed by atoms with Crippen molar-refractivity contribution in [3.63, 3.8) is 0 Å². The maximum Gasteiger partial charge on any atom is 0.256 e. The Labute approximate surface area is 71.6 Å². The SMILES string of the molecule is S=C1N[C@@H]2CC=CC[C@@H]2CO1. The highest BCUT2D eigenvalue weighted by molar-refractivity contribution is 7.80. The van der Waals surface area contributed by atoms with Crippen molar-refractivity contribution in [3.8, 4) is 0 Å². The van der Waals surface area contributed by atoms with Crippen molar-refractivity contribution in [1.82, 2.24) is 5.32 Å². The van der Waals surface area contributed by atoms with E-state index in [9.17, 15) is 0 Å². The first kappa shape index (κ1) is 7.10. The summed E-state index contributed by atoms with van der Waals surface area (Å²) in [5.41, 5.74) is 0. The molecule has 1 saturated heterocycles. The molecule has 1 fully saturated rings. The average molecular weight is 169 g/mol. The molecule has 2 nitrogen and oxygen atoms in total. The van der Waals surface area contributed by atoms with Gasteiger partial charge in [-0.2, -0.15) is 0 Å². The normalized spacial score (nSPS) is 35.5. The third kappa shape index (κ3) is 1.38. The first-order valence-corrected chi connectivity index (χ1v) is 4.35. The van der Waals surface area contributed by atoms with E-state index < -0.39 is 0 Å². The second-order valence-corrected chi connectivity index (χ2v) is 3.42. The fourth-order valence-electron chi connectivity index (χ4n) is 1.61. The van der Waals surface area contributed by atoms with Gasteiger partial charge in [-0.1, -0.05) is 12.2 Å². The number of ether oxygens (including phenoxy) is 1. The lowest BCUT2D eigenvalue weighted by Crippen LogP contribution is -2.48. The quantitative estimate of drug-likeness (QED) is 0.435. The van der Waals surface area contributed by atoms with Crippen molar-refractivity contribution in [2.75, 3.05) is 6.61 Å². The van der Waals surface area contributed by atoms with Crippen LogP contribution in [0.2, 0.25) is 0 Å². The van der Waals surface area contributed by atoms with Crippen LogP contribution < -0.4 is 5.32 Å². The number of allylic oxidation sites excluding steroid dienone is 1. The molecular formula is C8H11NOS. The van der Waals surface area contributed by atoms with E-state index in [2.05, 4.69) is 17.5 Å². The van der Waals surface area contributed by atoms with Crippen LogP contribution in [0.15, 0.2) is 12.2 Å². The summed E-state index contributed by atoms with van der Waals surface area (Å²) in [7, 11) is 0. The largest absolute Gasteiger partial charge is 0.471 e.